The van der Waals surface area contributed by atoms with Crippen LogP contribution in [0.25, 0.3) is 0 Å². The molecule has 0 saturated carbocycles. The molecule has 2 aliphatic heterocycles. The second kappa shape index (κ2) is 5.89. The summed E-state index contributed by atoms with van der Waals surface area (Å²) in [6.45, 7) is 5.38. The van der Waals surface area contributed by atoms with Crippen molar-refractivity contribution in [3.63, 3.8) is 0 Å². The Kier molecular flexibility index (Phi) is 3.76. The van der Waals surface area contributed by atoms with E-state index in [2.05, 4.69) is 4.90 Å². The number of aryl methyl sites for hydroxylation is 1. The largest absolute Gasteiger partial charge is 0.486 e. The zero-order valence-electron chi connectivity index (χ0n) is 12.7. The van der Waals surface area contributed by atoms with Crippen molar-refractivity contribution in [1.82, 2.24) is 4.90 Å². The molecule has 0 bridgehead atoms. The van der Waals surface area contributed by atoms with Crippen LogP contribution in [-0.4, -0.2) is 56.7 Å². The molecule has 0 spiro atoms. The lowest BCUT2D eigenvalue weighted by Gasteiger charge is -2.32. The highest BCUT2D eigenvalue weighted by Gasteiger charge is 2.31. The van der Waals surface area contributed by atoms with Crippen molar-refractivity contribution in [1.29, 1.82) is 0 Å². The highest BCUT2D eigenvalue weighted by atomic mass is 16.6. The molecule has 1 fully saturated rings. The molecule has 4 rings (SSSR count). The van der Waals surface area contributed by atoms with Gasteiger partial charge in [0.05, 0.1) is 13.2 Å². The van der Waals surface area contributed by atoms with Crippen LogP contribution in [0.2, 0.25) is 0 Å². The predicted molar refractivity (Wildman–Crippen MR) is 80.8 cm³/mol. The van der Waals surface area contributed by atoms with Gasteiger partial charge >= 0.3 is 0 Å². The lowest BCUT2D eigenvalue weighted by molar-refractivity contribution is 0.0291. The maximum atomic E-state index is 12.8. The summed E-state index contributed by atoms with van der Waals surface area (Å²) in [5.41, 5.74) is 1.93. The number of morpholine rings is 1. The molecule has 3 aliphatic rings. The van der Waals surface area contributed by atoms with Gasteiger partial charge in [0, 0.05) is 31.1 Å². The van der Waals surface area contributed by atoms with Crippen LogP contribution in [0.15, 0.2) is 12.1 Å². The predicted octanol–water partition coefficient (Wildman–Crippen LogP) is 1.54. The third-order valence-corrected chi connectivity index (χ3v) is 4.75. The summed E-state index contributed by atoms with van der Waals surface area (Å²) in [5, 5.41) is 0. The fraction of sp³-hybridized carbons (Fsp3) is 0.588. The Hall–Kier alpha value is -1.59. The van der Waals surface area contributed by atoms with Crippen molar-refractivity contribution >= 4 is 5.78 Å². The van der Waals surface area contributed by atoms with Crippen LogP contribution in [0, 0.1) is 5.92 Å². The highest BCUT2D eigenvalue weighted by Crippen LogP contribution is 2.37. The zero-order valence-corrected chi connectivity index (χ0v) is 12.7. The molecule has 1 aromatic carbocycles. The van der Waals surface area contributed by atoms with Crippen LogP contribution >= 0.6 is 0 Å². The number of benzene rings is 1. The van der Waals surface area contributed by atoms with Crippen molar-refractivity contribution in [3.8, 4) is 11.5 Å². The van der Waals surface area contributed by atoms with Crippen LogP contribution in [0.3, 0.4) is 0 Å². The SMILES string of the molecule is O=C1c2cc3c(cc2CCC1CN1CCOCC1)OCCO3. The fourth-order valence-corrected chi connectivity index (χ4v) is 3.52. The van der Waals surface area contributed by atoms with E-state index in [0.29, 0.717) is 19.0 Å². The van der Waals surface area contributed by atoms with Gasteiger partial charge in [0.1, 0.15) is 13.2 Å². The van der Waals surface area contributed by atoms with Crippen molar-refractivity contribution in [2.75, 3.05) is 46.1 Å². The Labute approximate surface area is 130 Å². The molecule has 1 unspecified atom stereocenters. The topological polar surface area (TPSA) is 48.0 Å². The first-order valence-corrected chi connectivity index (χ1v) is 8.08. The molecule has 1 atom stereocenters. The average Bonchev–Trinajstić information content (AvgIpc) is 2.57. The van der Waals surface area contributed by atoms with Gasteiger partial charge in [0.2, 0.25) is 0 Å². The van der Waals surface area contributed by atoms with Crippen molar-refractivity contribution in [2.24, 2.45) is 5.92 Å². The summed E-state index contributed by atoms with van der Waals surface area (Å²) in [6, 6.07) is 3.88. The quantitative estimate of drug-likeness (QED) is 0.829. The first-order chi connectivity index (χ1) is 10.8. The third kappa shape index (κ3) is 2.59. The smallest absolute Gasteiger partial charge is 0.167 e. The standard InChI is InChI=1S/C17H21NO4/c19-17-13(11-18-3-5-20-6-4-18)2-1-12-9-15-16(10-14(12)17)22-8-7-21-15/h9-10,13H,1-8,11H2. The average molecular weight is 303 g/mol. The van der Waals surface area contributed by atoms with E-state index in [1.165, 1.54) is 0 Å². The van der Waals surface area contributed by atoms with Crippen LogP contribution < -0.4 is 9.47 Å². The molecule has 1 saturated heterocycles. The number of hydrogen-bond acceptors (Lipinski definition) is 5. The second-order valence-electron chi connectivity index (χ2n) is 6.17. The van der Waals surface area contributed by atoms with Gasteiger partial charge in [-0.15, -0.1) is 0 Å². The minimum Gasteiger partial charge on any atom is -0.486 e. The fourth-order valence-electron chi connectivity index (χ4n) is 3.52. The zero-order chi connectivity index (χ0) is 14.9. The number of carbonyl (C=O) groups is 1. The van der Waals surface area contributed by atoms with Crippen molar-refractivity contribution in [2.45, 2.75) is 12.8 Å². The maximum Gasteiger partial charge on any atom is 0.167 e. The number of ether oxygens (including phenoxy) is 3. The van der Waals surface area contributed by atoms with Gasteiger partial charge < -0.3 is 14.2 Å². The van der Waals surface area contributed by atoms with Gasteiger partial charge in [-0.3, -0.25) is 9.69 Å². The maximum absolute atomic E-state index is 12.8. The Morgan fingerprint density at radius 3 is 2.55 bits per heavy atom. The third-order valence-electron chi connectivity index (χ3n) is 4.75. The Morgan fingerprint density at radius 2 is 1.77 bits per heavy atom. The number of carbonyl (C=O) groups excluding carboxylic acids is 1. The number of rotatable bonds is 2. The summed E-state index contributed by atoms with van der Waals surface area (Å²) >= 11 is 0. The van der Waals surface area contributed by atoms with Gasteiger partial charge in [-0.05, 0) is 30.5 Å². The molecule has 1 aliphatic carbocycles. The monoisotopic (exact) mass is 303 g/mol. The summed E-state index contributed by atoms with van der Waals surface area (Å²) in [4.78, 5) is 15.2. The van der Waals surface area contributed by atoms with Gasteiger partial charge in [-0.25, -0.2) is 0 Å². The number of fused-ring (bicyclic) bond motifs is 2. The normalized spacial score (nSPS) is 24.9. The molecule has 2 heterocycles. The van der Waals surface area contributed by atoms with E-state index in [1.54, 1.807) is 0 Å². The Balaban J connectivity index is 1.54. The molecule has 0 amide bonds. The molecule has 1 aromatic rings. The van der Waals surface area contributed by atoms with E-state index >= 15 is 0 Å². The molecule has 118 valence electrons. The van der Waals surface area contributed by atoms with Crippen LogP contribution in [-0.2, 0) is 11.2 Å². The highest BCUT2D eigenvalue weighted by molar-refractivity contribution is 6.01. The van der Waals surface area contributed by atoms with E-state index in [-0.39, 0.29) is 11.7 Å². The van der Waals surface area contributed by atoms with E-state index < -0.39 is 0 Å². The molecule has 0 N–H and O–H groups in total. The molecule has 0 aromatic heterocycles. The molecule has 22 heavy (non-hydrogen) atoms. The molecule has 5 heteroatoms. The van der Waals surface area contributed by atoms with Crippen molar-refractivity contribution in [3.05, 3.63) is 23.3 Å². The molecule has 0 radical (unpaired) electrons. The lowest BCUT2D eigenvalue weighted by Crippen LogP contribution is -2.42. The summed E-state index contributed by atoms with van der Waals surface area (Å²) < 4.78 is 16.6. The van der Waals surface area contributed by atoms with Crippen LogP contribution in [0.4, 0.5) is 0 Å². The van der Waals surface area contributed by atoms with E-state index in [4.69, 9.17) is 14.2 Å². The van der Waals surface area contributed by atoms with Crippen LogP contribution in [0.1, 0.15) is 22.3 Å². The summed E-state index contributed by atoms with van der Waals surface area (Å²) in [5.74, 6) is 1.84. The number of Topliss-reactive ketones (excluding diaryl/α,β-unsaturated/α-hetero) is 1. The van der Waals surface area contributed by atoms with E-state index in [0.717, 1.165) is 62.6 Å². The number of nitrogens with zero attached hydrogens (tertiary/aromatic N) is 1. The minimum absolute atomic E-state index is 0.0909. The molecule has 5 nitrogen and oxygen atoms in total. The first-order valence-electron chi connectivity index (χ1n) is 8.08. The Bertz CT molecular complexity index is 580. The van der Waals surface area contributed by atoms with Gasteiger partial charge in [-0.2, -0.15) is 0 Å². The number of ketones is 1. The van der Waals surface area contributed by atoms with E-state index in [9.17, 15) is 4.79 Å². The van der Waals surface area contributed by atoms with Gasteiger partial charge in [0.15, 0.2) is 17.3 Å². The summed E-state index contributed by atoms with van der Waals surface area (Å²) in [7, 11) is 0. The Morgan fingerprint density at radius 1 is 1.05 bits per heavy atom. The van der Waals surface area contributed by atoms with Crippen LogP contribution in [0.5, 0.6) is 11.5 Å². The number of hydrogen-bond donors (Lipinski definition) is 0. The molecular weight excluding hydrogens is 282 g/mol. The molecular formula is C17H21NO4. The lowest BCUT2D eigenvalue weighted by atomic mass is 9.82. The van der Waals surface area contributed by atoms with Gasteiger partial charge in [0.25, 0.3) is 0 Å². The first kappa shape index (κ1) is 14.0. The van der Waals surface area contributed by atoms with Crippen molar-refractivity contribution < 1.29 is 19.0 Å². The van der Waals surface area contributed by atoms with E-state index in [1.807, 2.05) is 12.1 Å². The second-order valence-corrected chi connectivity index (χ2v) is 6.17. The van der Waals surface area contributed by atoms with Gasteiger partial charge in [-0.1, -0.05) is 0 Å². The minimum atomic E-state index is 0.0909. The summed E-state index contributed by atoms with van der Waals surface area (Å²) in [6.07, 6.45) is 1.86.